The minimum atomic E-state index is -0.719. The summed E-state index contributed by atoms with van der Waals surface area (Å²) in [6.07, 6.45) is 0. The molecule has 5 heteroatoms. The molecule has 0 saturated heterocycles. The molecule has 0 radical (unpaired) electrons. The molecular formula is C18H17FO4. The van der Waals surface area contributed by atoms with Crippen molar-refractivity contribution in [1.82, 2.24) is 0 Å². The van der Waals surface area contributed by atoms with Crippen molar-refractivity contribution >= 4 is 5.97 Å². The maximum absolute atomic E-state index is 14.1. The van der Waals surface area contributed by atoms with Crippen LogP contribution in [0.3, 0.4) is 0 Å². The number of hydrogen-bond donors (Lipinski definition) is 0. The molecule has 0 aliphatic rings. The van der Waals surface area contributed by atoms with Gasteiger partial charge in [0.05, 0.1) is 19.3 Å². The number of methoxy groups -OCH3 is 2. The average molecular weight is 316 g/mol. The highest BCUT2D eigenvalue weighted by molar-refractivity contribution is 5.89. The molecule has 0 fully saturated rings. The van der Waals surface area contributed by atoms with E-state index in [-0.39, 0.29) is 17.9 Å². The summed E-state index contributed by atoms with van der Waals surface area (Å²) in [4.78, 5) is 11.7. The molecule has 0 aromatic heterocycles. The number of benzene rings is 2. The van der Waals surface area contributed by atoms with Crippen molar-refractivity contribution in [3.63, 3.8) is 0 Å². The van der Waals surface area contributed by atoms with Crippen LogP contribution in [-0.4, -0.2) is 26.8 Å². The van der Waals surface area contributed by atoms with Crippen molar-refractivity contribution in [3.8, 4) is 22.6 Å². The van der Waals surface area contributed by atoms with Gasteiger partial charge in [-0.2, -0.15) is 0 Å². The largest absolute Gasteiger partial charge is 0.497 e. The molecule has 0 atom stereocenters. The summed E-state index contributed by atoms with van der Waals surface area (Å²) in [5, 5.41) is 0. The fraction of sp³-hybridized carbons (Fsp3) is 0.167. The Balaban J connectivity index is 2.17. The molecule has 0 unspecified atom stereocenters. The van der Waals surface area contributed by atoms with E-state index in [2.05, 4.69) is 6.58 Å². The quantitative estimate of drug-likeness (QED) is 0.464. The van der Waals surface area contributed by atoms with Crippen LogP contribution in [0.15, 0.2) is 54.6 Å². The number of halogens is 1. The number of rotatable bonds is 6. The molecule has 4 nitrogen and oxygen atoms in total. The molecular weight excluding hydrogens is 299 g/mol. The zero-order valence-electron chi connectivity index (χ0n) is 13.0. The standard InChI is InChI=1S/C18H17FO4/c1-12(11-21-2)18(20)23-17-9-6-14(10-16(17)19)13-4-7-15(22-3)8-5-13/h4-10H,1,11H2,2-3H3. The van der Waals surface area contributed by atoms with E-state index in [1.165, 1.54) is 19.2 Å². The van der Waals surface area contributed by atoms with Crippen LogP contribution in [0.5, 0.6) is 11.5 Å². The topological polar surface area (TPSA) is 44.8 Å². The molecule has 2 aromatic rings. The Hall–Kier alpha value is -2.66. The van der Waals surface area contributed by atoms with Crippen LogP contribution in [0.2, 0.25) is 0 Å². The predicted octanol–water partition coefficient (Wildman–Crippen LogP) is 3.61. The summed E-state index contributed by atoms with van der Waals surface area (Å²) in [6.45, 7) is 3.55. The van der Waals surface area contributed by atoms with Gasteiger partial charge in [-0.3, -0.25) is 0 Å². The third kappa shape index (κ3) is 4.17. The van der Waals surface area contributed by atoms with E-state index in [0.717, 1.165) is 11.3 Å². The maximum Gasteiger partial charge on any atom is 0.341 e. The summed E-state index contributed by atoms with van der Waals surface area (Å²) in [7, 11) is 3.01. The lowest BCUT2D eigenvalue weighted by molar-refractivity contribution is -0.130. The number of hydrogen-bond acceptors (Lipinski definition) is 4. The molecule has 0 saturated carbocycles. The van der Waals surface area contributed by atoms with Gasteiger partial charge in [0.25, 0.3) is 0 Å². The first-order valence-electron chi connectivity index (χ1n) is 6.88. The Kier molecular flexibility index (Phi) is 5.49. The van der Waals surface area contributed by atoms with E-state index in [4.69, 9.17) is 14.2 Å². The van der Waals surface area contributed by atoms with Gasteiger partial charge >= 0.3 is 5.97 Å². The zero-order chi connectivity index (χ0) is 16.8. The van der Waals surface area contributed by atoms with E-state index in [1.807, 2.05) is 12.1 Å². The average Bonchev–Trinajstić information content (AvgIpc) is 2.57. The Labute approximate surface area is 134 Å². The summed E-state index contributed by atoms with van der Waals surface area (Å²) in [5.74, 6) is -0.777. The van der Waals surface area contributed by atoms with Gasteiger partial charge in [0.1, 0.15) is 5.75 Å². The van der Waals surface area contributed by atoms with Gasteiger partial charge in [-0.05, 0) is 35.4 Å². The van der Waals surface area contributed by atoms with Crippen molar-refractivity contribution in [2.45, 2.75) is 0 Å². The van der Waals surface area contributed by atoms with Crippen LogP contribution in [0, 0.1) is 5.82 Å². The van der Waals surface area contributed by atoms with Gasteiger partial charge in [-0.25, -0.2) is 9.18 Å². The van der Waals surface area contributed by atoms with Crippen LogP contribution < -0.4 is 9.47 Å². The third-order valence-corrected chi connectivity index (χ3v) is 3.17. The zero-order valence-corrected chi connectivity index (χ0v) is 13.0. The van der Waals surface area contributed by atoms with E-state index in [9.17, 15) is 9.18 Å². The molecule has 0 heterocycles. The van der Waals surface area contributed by atoms with E-state index >= 15 is 0 Å². The first-order valence-corrected chi connectivity index (χ1v) is 6.88. The first kappa shape index (κ1) is 16.7. The molecule has 0 N–H and O–H groups in total. The van der Waals surface area contributed by atoms with E-state index in [1.54, 1.807) is 25.3 Å². The highest BCUT2D eigenvalue weighted by Gasteiger charge is 2.13. The van der Waals surface area contributed by atoms with Gasteiger partial charge in [-0.1, -0.05) is 24.8 Å². The molecule has 0 aliphatic carbocycles. The molecule has 2 rings (SSSR count). The SMILES string of the molecule is C=C(COC)C(=O)Oc1ccc(-c2ccc(OC)cc2)cc1F. The van der Waals surface area contributed by atoms with Crippen LogP contribution in [0.1, 0.15) is 0 Å². The van der Waals surface area contributed by atoms with Crippen molar-refractivity contribution in [1.29, 1.82) is 0 Å². The van der Waals surface area contributed by atoms with Crippen molar-refractivity contribution in [2.24, 2.45) is 0 Å². The van der Waals surface area contributed by atoms with Gasteiger partial charge < -0.3 is 14.2 Å². The Morgan fingerprint density at radius 1 is 1.09 bits per heavy atom. The second-order valence-electron chi connectivity index (χ2n) is 4.80. The van der Waals surface area contributed by atoms with Crippen LogP contribution in [0.4, 0.5) is 4.39 Å². The molecule has 2 aromatic carbocycles. The summed E-state index contributed by atoms with van der Waals surface area (Å²) in [5.41, 5.74) is 1.61. The minimum absolute atomic E-state index is 0.0321. The van der Waals surface area contributed by atoms with Crippen molar-refractivity contribution < 1.29 is 23.4 Å². The van der Waals surface area contributed by atoms with E-state index in [0.29, 0.717) is 5.56 Å². The second kappa shape index (κ2) is 7.56. The third-order valence-electron chi connectivity index (χ3n) is 3.17. The van der Waals surface area contributed by atoms with Gasteiger partial charge in [0, 0.05) is 7.11 Å². The molecule has 0 bridgehead atoms. The lowest BCUT2D eigenvalue weighted by atomic mass is 10.1. The lowest BCUT2D eigenvalue weighted by Gasteiger charge is -2.09. The molecule has 0 spiro atoms. The number of carbonyl (C=O) groups is 1. The normalized spacial score (nSPS) is 10.2. The van der Waals surface area contributed by atoms with Crippen LogP contribution in [0.25, 0.3) is 11.1 Å². The van der Waals surface area contributed by atoms with Crippen LogP contribution in [-0.2, 0) is 9.53 Å². The smallest absolute Gasteiger partial charge is 0.341 e. The molecule has 0 aliphatic heterocycles. The summed E-state index contributed by atoms with van der Waals surface area (Å²) >= 11 is 0. The molecule has 120 valence electrons. The van der Waals surface area contributed by atoms with Crippen molar-refractivity contribution in [2.75, 3.05) is 20.8 Å². The molecule has 0 amide bonds. The fourth-order valence-corrected chi connectivity index (χ4v) is 1.95. The van der Waals surface area contributed by atoms with Gasteiger partial charge in [-0.15, -0.1) is 0 Å². The lowest BCUT2D eigenvalue weighted by Crippen LogP contribution is -2.14. The Morgan fingerprint density at radius 3 is 2.30 bits per heavy atom. The fourth-order valence-electron chi connectivity index (χ4n) is 1.95. The van der Waals surface area contributed by atoms with Gasteiger partial charge in [0.15, 0.2) is 11.6 Å². The monoisotopic (exact) mass is 316 g/mol. The number of carbonyl (C=O) groups excluding carboxylic acids is 1. The van der Waals surface area contributed by atoms with E-state index < -0.39 is 11.8 Å². The molecule has 23 heavy (non-hydrogen) atoms. The van der Waals surface area contributed by atoms with Crippen molar-refractivity contribution in [3.05, 3.63) is 60.4 Å². The first-order chi connectivity index (χ1) is 11.0. The number of ether oxygens (including phenoxy) is 3. The minimum Gasteiger partial charge on any atom is -0.497 e. The van der Waals surface area contributed by atoms with Gasteiger partial charge in [0.2, 0.25) is 0 Å². The highest BCUT2D eigenvalue weighted by atomic mass is 19.1. The summed E-state index contributed by atoms with van der Waals surface area (Å²) in [6, 6.07) is 11.6. The highest BCUT2D eigenvalue weighted by Crippen LogP contribution is 2.27. The predicted molar refractivity (Wildman–Crippen MR) is 85.0 cm³/mol. The summed E-state index contributed by atoms with van der Waals surface area (Å²) < 4.78 is 29.0. The second-order valence-corrected chi connectivity index (χ2v) is 4.80. The maximum atomic E-state index is 14.1. The Morgan fingerprint density at radius 2 is 1.74 bits per heavy atom. The number of esters is 1. The van der Waals surface area contributed by atoms with Crippen LogP contribution >= 0.6 is 0 Å². The Bertz CT molecular complexity index is 707.